The van der Waals surface area contributed by atoms with Crippen LogP contribution in [0.2, 0.25) is 0 Å². The molecule has 0 saturated carbocycles. The Kier molecular flexibility index (Phi) is 13.2. The van der Waals surface area contributed by atoms with Crippen LogP contribution in [0.15, 0.2) is 48.5 Å². The molecule has 0 aromatic heterocycles. The second kappa shape index (κ2) is 13.9. The molecule has 0 atom stereocenters. The third kappa shape index (κ3) is 8.76. The van der Waals surface area contributed by atoms with Crippen molar-refractivity contribution < 1.29 is 0 Å². The Hall–Kier alpha value is -1.03. The maximum atomic E-state index is 4.50. The number of nitrogens with two attached hydrogens (primary N) is 1. The standard InChI is InChI=1S/C10H8.C7H17NS.CH5N/c1-2-6-10-8-4-3-7-9(10)5-1;1-4-8(5-2)6-7-9-3;1-2/h1-8H;4-7H2,1-3H3;2H2,1H3. The van der Waals surface area contributed by atoms with E-state index in [4.69, 9.17) is 0 Å². The lowest BCUT2D eigenvalue weighted by atomic mass is 10.1. The summed E-state index contributed by atoms with van der Waals surface area (Å²) < 4.78 is 0. The number of hydrogen-bond donors (Lipinski definition) is 1. The summed E-state index contributed by atoms with van der Waals surface area (Å²) in [4.78, 5) is 2.44. The first kappa shape index (κ1) is 20.0. The Morgan fingerprint density at radius 3 is 1.52 bits per heavy atom. The highest BCUT2D eigenvalue weighted by molar-refractivity contribution is 7.98. The molecular formula is C18H30N2S. The first-order valence-electron chi connectivity index (χ1n) is 7.54. The Morgan fingerprint density at radius 2 is 1.24 bits per heavy atom. The fraction of sp³-hybridized carbons (Fsp3) is 0.444. The molecule has 3 heteroatoms. The van der Waals surface area contributed by atoms with E-state index >= 15 is 0 Å². The minimum absolute atomic E-state index is 1.19. The number of benzene rings is 2. The Morgan fingerprint density at radius 1 is 0.857 bits per heavy atom. The molecule has 118 valence electrons. The molecule has 2 N–H and O–H groups in total. The highest BCUT2D eigenvalue weighted by Crippen LogP contribution is 2.11. The average molecular weight is 307 g/mol. The summed E-state index contributed by atoms with van der Waals surface area (Å²) in [5, 5.41) is 2.62. The van der Waals surface area contributed by atoms with Gasteiger partial charge in [0.05, 0.1) is 0 Å². The molecule has 2 aromatic carbocycles. The van der Waals surface area contributed by atoms with Gasteiger partial charge in [0.2, 0.25) is 0 Å². The van der Waals surface area contributed by atoms with Gasteiger partial charge in [-0.1, -0.05) is 62.4 Å². The van der Waals surface area contributed by atoms with Crippen molar-refractivity contribution >= 4 is 22.5 Å². The van der Waals surface area contributed by atoms with Crippen LogP contribution in [0.5, 0.6) is 0 Å². The van der Waals surface area contributed by atoms with Crippen LogP contribution in [0.25, 0.3) is 10.8 Å². The van der Waals surface area contributed by atoms with E-state index in [0.29, 0.717) is 0 Å². The van der Waals surface area contributed by atoms with Crippen molar-refractivity contribution in [2.75, 3.05) is 38.7 Å². The van der Waals surface area contributed by atoms with Crippen LogP contribution in [0.4, 0.5) is 0 Å². The van der Waals surface area contributed by atoms with Crippen molar-refractivity contribution in [2.45, 2.75) is 13.8 Å². The van der Waals surface area contributed by atoms with Gasteiger partial charge in [-0.05, 0) is 37.2 Å². The maximum absolute atomic E-state index is 4.50. The van der Waals surface area contributed by atoms with Crippen LogP contribution in [-0.2, 0) is 0 Å². The molecular weight excluding hydrogens is 276 g/mol. The molecule has 0 aliphatic rings. The van der Waals surface area contributed by atoms with Gasteiger partial charge in [-0.2, -0.15) is 11.8 Å². The number of fused-ring (bicyclic) bond motifs is 1. The summed E-state index contributed by atoms with van der Waals surface area (Å²) in [6, 6.07) is 16.7. The number of rotatable bonds is 5. The zero-order valence-electron chi connectivity index (χ0n) is 13.9. The molecule has 2 nitrogen and oxygen atoms in total. The lowest BCUT2D eigenvalue weighted by molar-refractivity contribution is 0.324. The summed E-state index contributed by atoms with van der Waals surface area (Å²) in [5.41, 5.74) is 4.50. The van der Waals surface area contributed by atoms with Gasteiger partial charge in [0.25, 0.3) is 0 Å². The molecule has 2 rings (SSSR count). The van der Waals surface area contributed by atoms with E-state index < -0.39 is 0 Å². The fourth-order valence-electron chi connectivity index (χ4n) is 1.89. The SMILES string of the molecule is CCN(CC)CCSC.CN.c1ccc2ccccc2c1. The molecule has 0 fully saturated rings. The average Bonchev–Trinajstić information content (AvgIpc) is 2.58. The second-order valence-electron chi connectivity index (χ2n) is 4.37. The quantitative estimate of drug-likeness (QED) is 0.901. The van der Waals surface area contributed by atoms with Gasteiger partial charge in [0.1, 0.15) is 0 Å². The largest absolute Gasteiger partial charge is 0.333 e. The summed E-state index contributed by atoms with van der Waals surface area (Å²) in [5.74, 6) is 1.27. The highest BCUT2D eigenvalue weighted by Gasteiger charge is 1.95. The monoisotopic (exact) mass is 306 g/mol. The summed E-state index contributed by atoms with van der Waals surface area (Å²) in [7, 11) is 1.50. The van der Waals surface area contributed by atoms with Crippen molar-refractivity contribution in [3.8, 4) is 0 Å². The predicted molar refractivity (Wildman–Crippen MR) is 100 cm³/mol. The van der Waals surface area contributed by atoms with Crippen LogP contribution in [0.1, 0.15) is 13.8 Å². The van der Waals surface area contributed by atoms with Crippen molar-refractivity contribution in [1.29, 1.82) is 0 Å². The van der Waals surface area contributed by atoms with E-state index in [-0.39, 0.29) is 0 Å². The van der Waals surface area contributed by atoms with Crippen molar-refractivity contribution in [2.24, 2.45) is 5.73 Å². The Labute approximate surface area is 134 Å². The molecule has 2 aromatic rings. The third-order valence-electron chi connectivity index (χ3n) is 3.16. The molecule has 21 heavy (non-hydrogen) atoms. The first-order chi connectivity index (χ1) is 10.3. The smallest absolute Gasteiger partial charge is 0.00720 e. The summed E-state index contributed by atoms with van der Waals surface area (Å²) in [6.45, 7) is 8.05. The normalized spacial score (nSPS) is 9.62. The number of nitrogens with zero attached hydrogens (tertiary/aromatic N) is 1. The third-order valence-corrected chi connectivity index (χ3v) is 3.76. The molecule has 0 aliphatic heterocycles. The summed E-state index contributed by atoms with van der Waals surface area (Å²) >= 11 is 1.92. The number of hydrogen-bond acceptors (Lipinski definition) is 3. The van der Waals surface area contributed by atoms with E-state index in [1.54, 1.807) is 0 Å². The Balaban J connectivity index is 0.000000344. The van der Waals surface area contributed by atoms with E-state index in [1.165, 1.54) is 43.2 Å². The van der Waals surface area contributed by atoms with Crippen molar-refractivity contribution in [3.05, 3.63) is 48.5 Å². The lowest BCUT2D eigenvalue weighted by Gasteiger charge is -2.16. The topological polar surface area (TPSA) is 29.3 Å². The van der Waals surface area contributed by atoms with Crippen molar-refractivity contribution in [1.82, 2.24) is 4.90 Å². The molecule has 0 unspecified atom stereocenters. The highest BCUT2D eigenvalue weighted by atomic mass is 32.2. The summed E-state index contributed by atoms with van der Waals surface area (Å²) in [6.07, 6.45) is 2.16. The second-order valence-corrected chi connectivity index (χ2v) is 5.35. The van der Waals surface area contributed by atoms with E-state index in [0.717, 1.165) is 0 Å². The number of thioether (sulfide) groups is 1. The van der Waals surface area contributed by atoms with E-state index in [2.05, 4.69) is 79.3 Å². The lowest BCUT2D eigenvalue weighted by Crippen LogP contribution is -2.25. The zero-order valence-corrected chi connectivity index (χ0v) is 14.7. The van der Waals surface area contributed by atoms with Gasteiger partial charge in [-0.25, -0.2) is 0 Å². The van der Waals surface area contributed by atoms with Gasteiger partial charge in [0, 0.05) is 12.3 Å². The fourth-order valence-corrected chi connectivity index (χ4v) is 2.33. The molecule has 0 aliphatic carbocycles. The van der Waals surface area contributed by atoms with Gasteiger partial charge >= 0.3 is 0 Å². The first-order valence-corrected chi connectivity index (χ1v) is 8.94. The van der Waals surface area contributed by atoms with Crippen LogP contribution in [-0.4, -0.2) is 43.6 Å². The van der Waals surface area contributed by atoms with Gasteiger partial charge in [-0.3, -0.25) is 0 Å². The minimum Gasteiger partial charge on any atom is -0.333 e. The molecule has 0 spiro atoms. The maximum Gasteiger partial charge on any atom is 0.00720 e. The van der Waals surface area contributed by atoms with Crippen molar-refractivity contribution in [3.63, 3.8) is 0 Å². The van der Waals surface area contributed by atoms with Gasteiger partial charge in [0.15, 0.2) is 0 Å². The molecule has 0 saturated heterocycles. The predicted octanol–water partition coefficient (Wildman–Crippen LogP) is 4.11. The van der Waals surface area contributed by atoms with Crippen LogP contribution < -0.4 is 5.73 Å². The molecule has 0 heterocycles. The van der Waals surface area contributed by atoms with E-state index in [9.17, 15) is 0 Å². The van der Waals surface area contributed by atoms with Gasteiger partial charge < -0.3 is 10.6 Å². The molecule has 0 radical (unpaired) electrons. The zero-order chi connectivity index (χ0) is 15.9. The molecule has 0 bridgehead atoms. The van der Waals surface area contributed by atoms with E-state index in [1.807, 2.05) is 11.8 Å². The van der Waals surface area contributed by atoms with Crippen LogP contribution in [0, 0.1) is 0 Å². The van der Waals surface area contributed by atoms with Gasteiger partial charge in [-0.15, -0.1) is 0 Å². The Bertz CT molecular complexity index is 390. The van der Waals surface area contributed by atoms with Crippen LogP contribution in [0.3, 0.4) is 0 Å². The van der Waals surface area contributed by atoms with Crippen LogP contribution >= 0.6 is 11.8 Å². The molecule has 0 amide bonds. The minimum atomic E-state index is 1.19.